The first kappa shape index (κ1) is 16.1. The summed E-state index contributed by atoms with van der Waals surface area (Å²) in [5.74, 6) is 0.934. The molecule has 4 rings (SSSR count). The fourth-order valence-corrected chi connectivity index (χ4v) is 3.92. The number of hydrogen-bond donors (Lipinski definition) is 0. The Kier molecular flexibility index (Phi) is 4.21. The van der Waals surface area contributed by atoms with Crippen LogP contribution in [0.2, 0.25) is 0 Å². The number of nitrogens with zero attached hydrogens (tertiary/aromatic N) is 4. The van der Waals surface area contributed by atoms with Gasteiger partial charge in [-0.25, -0.2) is 0 Å². The molecule has 0 unspecified atom stereocenters. The maximum Gasteiger partial charge on any atom is 0.254 e. The standard InChI is InChI=1S/C19H20N4OS/c1-13-8-9-14(25-2)12-15(13)19(24)22-11-5-6-16(22)18-21-20-17-7-3-4-10-23(17)18/h3-4,7-10,12,16H,5-6,11H2,1-2H3/t16-/m0/s1. The molecule has 6 heteroatoms. The van der Waals surface area contributed by atoms with Gasteiger partial charge in [0.25, 0.3) is 5.91 Å². The second-order valence-electron chi connectivity index (χ2n) is 6.32. The lowest BCUT2D eigenvalue weighted by atomic mass is 10.1. The smallest absolute Gasteiger partial charge is 0.254 e. The van der Waals surface area contributed by atoms with Gasteiger partial charge >= 0.3 is 0 Å². The van der Waals surface area contributed by atoms with E-state index in [-0.39, 0.29) is 11.9 Å². The average molecular weight is 352 g/mol. The van der Waals surface area contributed by atoms with E-state index in [2.05, 4.69) is 16.3 Å². The number of hydrogen-bond acceptors (Lipinski definition) is 4. The molecule has 1 saturated heterocycles. The highest BCUT2D eigenvalue weighted by Gasteiger charge is 2.34. The lowest BCUT2D eigenvalue weighted by Gasteiger charge is -2.24. The number of fused-ring (bicyclic) bond motifs is 1. The Bertz CT molecular complexity index is 936. The third kappa shape index (κ3) is 2.80. The summed E-state index contributed by atoms with van der Waals surface area (Å²) < 4.78 is 1.99. The Morgan fingerprint density at radius 3 is 2.96 bits per heavy atom. The zero-order chi connectivity index (χ0) is 17.4. The number of rotatable bonds is 3. The van der Waals surface area contributed by atoms with E-state index < -0.39 is 0 Å². The van der Waals surface area contributed by atoms with Crippen molar-refractivity contribution in [1.29, 1.82) is 0 Å². The number of benzene rings is 1. The molecule has 0 saturated carbocycles. The summed E-state index contributed by atoms with van der Waals surface area (Å²) in [6.07, 6.45) is 5.90. The van der Waals surface area contributed by atoms with Crippen molar-refractivity contribution >= 4 is 23.3 Å². The third-order valence-corrected chi connectivity index (χ3v) is 5.55. The van der Waals surface area contributed by atoms with Crippen LogP contribution >= 0.6 is 11.8 Å². The highest BCUT2D eigenvalue weighted by molar-refractivity contribution is 7.98. The molecule has 0 spiro atoms. The lowest BCUT2D eigenvalue weighted by molar-refractivity contribution is 0.0728. The molecule has 1 fully saturated rings. The molecule has 1 amide bonds. The Balaban J connectivity index is 1.71. The predicted octanol–water partition coefficient (Wildman–Crippen LogP) is 3.74. The fourth-order valence-electron chi connectivity index (χ4n) is 3.48. The van der Waals surface area contributed by atoms with Crippen molar-refractivity contribution in [3.05, 3.63) is 59.5 Å². The van der Waals surface area contributed by atoms with Gasteiger partial charge in [-0.1, -0.05) is 12.1 Å². The van der Waals surface area contributed by atoms with E-state index in [1.54, 1.807) is 11.8 Å². The van der Waals surface area contributed by atoms with Crippen LogP contribution in [0.5, 0.6) is 0 Å². The van der Waals surface area contributed by atoms with E-state index in [9.17, 15) is 4.79 Å². The summed E-state index contributed by atoms with van der Waals surface area (Å²) >= 11 is 1.65. The highest BCUT2D eigenvalue weighted by atomic mass is 32.2. The van der Waals surface area contributed by atoms with Crippen molar-refractivity contribution in [2.24, 2.45) is 0 Å². The minimum absolute atomic E-state index is 0.0257. The highest BCUT2D eigenvalue weighted by Crippen LogP contribution is 2.33. The molecule has 0 radical (unpaired) electrons. The van der Waals surface area contributed by atoms with E-state index in [0.29, 0.717) is 0 Å². The predicted molar refractivity (Wildman–Crippen MR) is 99.0 cm³/mol. The van der Waals surface area contributed by atoms with E-state index in [1.165, 1.54) is 0 Å². The van der Waals surface area contributed by atoms with E-state index in [1.807, 2.05) is 59.0 Å². The SMILES string of the molecule is CSc1ccc(C)c(C(=O)N2CCC[C@H]2c2nnc3ccccn23)c1. The van der Waals surface area contributed by atoms with Crippen molar-refractivity contribution in [3.63, 3.8) is 0 Å². The van der Waals surface area contributed by atoms with Gasteiger partial charge in [-0.15, -0.1) is 22.0 Å². The van der Waals surface area contributed by atoms with Crippen LogP contribution in [-0.4, -0.2) is 38.2 Å². The zero-order valence-corrected chi connectivity index (χ0v) is 15.2. The molecule has 3 heterocycles. The van der Waals surface area contributed by atoms with Gasteiger partial charge in [0.05, 0.1) is 6.04 Å². The van der Waals surface area contributed by atoms with Crippen LogP contribution in [-0.2, 0) is 0 Å². The van der Waals surface area contributed by atoms with Crippen LogP contribution < -0.4 is 0 Å². The maximum absolute atomic E-state index is 13.2. The van der Waals surface area contributed by atoms with Crippen molar-refractivity contribution in [3.8, 4) is 0 Å². The molecule has 1 aromatic carbocycles. The quantitative estimate of drug-likeness (QED) is 0.674. The van der Waals surface area contributed by atoms with Crippen LogP contribution in [0.1, 0.15) is 40.6 Å². The van der Waals surface area contributed by atoms with E-state index in [4.69, 9.17) is 0 Å². The Hall–Kier alpha value is -2.34. The van der Waals surface area contributed by atoms with Crippen molar-refractivity contribution in [2.45, 2.75) is 30.7 Å². The molecule has 0 aliphatic carbocycles. The van der Waals surface area contributed by atoms with Crippen LogP contribution in [0.3, 0.4) is 0 Å². The zero-order valence-electron chi connectivity index (χ0n) is 14.3. The minimum atomic E-state index is -0.0257. The Labute approximate surface area is 151 Å². The third-order valence-electron chi connectivity index (χ3n) is 4.83. The molecule has 128 valence electrons. The molecular formula is C19H20N4OS. The van der Waals surface area contributed by atoms with E-state index >= 15 is 0 Å². The molecule has 5 nitrogen and oxygen atoms in total. The molecule has 0 bridgehead atoms. The summed E-state index contributed by atoms with van der Waals surface area (Å²) in [6, 6.07) is 11.9. The summed E-state index contributed by atoms with van der Waals surface area (Å²) in [4.78, 5) is 16.3. The van der Waals surface area contributed by atoms with Gasteiger partial charge in [-0.3, -0.25) is 9.20 Å². The molecule has 1 aliphatic rings. The lowest BCUT2D eigenvalue weighted by Crippen LogP contribution is -2.32. The number of aryl methyl sites for hydroxylation is 1. The number of aromatic nitrogens is 3. The summed E-state index contributed by atoms with van der Waals surface area (Å²) in [5.41, 5.74) is 2.62. The normalized spacial score (nSPS) is 17.4. The molecule has 0 N–H and O–H groups in total. The maximum atomic E-state index is 13.2. The number of thioether (sulfide) groups is 1. The Morgan fingerprint density at radius 1 is 1.24 bits per heavy atom. The monoisotopic (exact) mass is 352 g/mol. The molecule has 1 atom stereocenters. The van der Waals surface area contributed by atoms with Crippen LogP contribution in [0, 0.1) is 6.92 Å². The van der Waals surface area contributed by atoms with Crippen molar-refractivity contribution in [2.75, 3.05) is 12.8 Å². The first-order valence-electron chi connectivity index (χ1n) is 8.44. The average Bonchev–Trinajstić information content (AvgIpc) is 3.28. The van der Waals surface area contributed by atoms with Crippen molar-refractivity contribution in [1.82, 2.24) is 19.5 Å². The molecule has 1 aliphatic heterocycles. The van der Waals surface area contributed by atoms with E-state index in [0.717, 1.165) is 46.9 Å². The van der Waals surface area contributed by atoms with Gasteiger partial charge in [0.15, 0.2) is 11.5 Å². The van der Waals surface area contributed by atoms with Gasteiger partial charge in [-0.05, 0) is 55.9 Å². The Morgan fingerprint density at radius 2 is 2.12 bits per heavy atom. The van der Waals surface area contributed by atoms with Gasteiger partial charge in [0.1, 0.15) is 0 Å². The fraction of sp³-hybridized carbons (Fsp3) is 0.316. The molecule has 25 heavy (non-hydrogen) atoms. The van der Waals surface area contributed by atoms with Crippen LogP contribution in [0.4, 0.5) is 0 Å². The van der Waals surface area contributed by atoms with Crippen molar-refractivity contribution < 1.29 is 4.79 Å². The molecule has 2 aromatic heterocycles. The van der Waals surface area contributed by atoms with Gasteiger partial charge in [-0.2, -0.15) is 0 Å². The topological polar surface area (TPSA) is 50.5 Å². The number of pyridine rings is 1. The number of carbonyl (C=O) groups is 1. The summed E-state index contributed by atoms with van der Waals surface area (Å²) in [6.45, 7) is 2.75. The molecule has 3 aromatic rings. The second kappa shape index (κ2) is 6.52. The molecular weight excluding hydrogens is 332 g/mol. The van der Waals surface area contributed by atoms with Gasteiger partial charge in [0.2, 0.25) is 0 Å². The first-order valence-corrected chi connectivity index (χ1v) is 9.67. The van der Waals surface area contributed by atoms with Gasteiger partial charge < -0.3 is 4.90 Å². The summed E-state index contributed by atoms with van der Waals surface area (Å²) in [5, 5.41) is 8.62. The second-order valence-corrected chi connectivity index (χ2v) is 7.20. The summed E-state index contributed by atoms with van der Waals surface area (Å²) in [7, 11) is 0. The largest absolute Gasteiger partial charge is 0.328 e. The minimum Gasteiger partial charge on any atom is -0.328 e. The first-order chi connectivity index (χ1) is 12.2. The number of carbonyl (C=O) groups excluding carboxylic acids is 1. The number of likely N-dealkylation sites (tertiary alicyclic amines) is 1. The number of amides is 1. The van der Waals surface area contributed by atoms with Gasteiger partial charge in [0, 0.05) is 23.2 Å². The van der Waals surface area contributed by atoms with Crippen LogP contribution in [0.15, 0.2) is 47.5 Å². The van der Waals surface area contributed by atoms with Crippen LogP contribution in [0.25, 0.3) is 5.65 Å².